The number of pyridine rings is 1. The van der Waals surface area contributed by atoms with Crippen molar-refractivity contribution in [1.29, 1.82) is 0 Å². The van der Waals surface area contributed by atoms with E-state index in [4.69, 9.17) is 0 Å². The first-order chi connectivity index (χ1) is 10.4. The Hall–Kier alpha value is -2.13. The predicted octanol–water partition coefficient (Wildman–Crippen LogP) is 3.60. The van der Waals surface area contributed by atoms with Crippen LogP contribution >= 0.6 is 0 Å². The van der Waals surface area contributed by atoms with Gasteiger partial charge < -0.3 is 0 Å². The minimum atomic E-state index is 1.09. The number of hydrogen-bond donors (Lipinski definition) is 0. The summed E-state index contributed by atoms with van der Waals surface area (Å²) in [5, 5.41) is 4.24. The average molecular weight is 277 g/mol. The molecule has 0 atom stereocenters. The Morgan fingerprint density at radius 2 is 1.71 bits per heavy atom. The minimum absolute atomic E-state index is 1.09. The number of benzene rings is 1. The van der Waals surface area contributed by atoms with Gasteiger partial charge in [0.25, 0.3) is 0 Å². The maximum atomic E-state index is 4.24. The lowest BCUT2D eigenvalue weighted by Gasteiger charge is -2.14. The van der Waals surface area contributed by atoms with Crippen LogP contribution in [-0.4, -0.2) is 27.6 Å². The lowest BCUT2D eigenvalue weighted by Crippen LogP contribution is -2.18. The van der Waals surface area contributed by atoms with Crippen molar-refractivity contribution in [3.63, 3.8) is 0 Å². The zero-order valence-corrected chi connectivity index (χ0v) is 12.1. The molecule has 2 aromatic heterocycles. The quantitative estimate of drug-likeness (QED) is 0.729. The topological polar surface area (TPSA) is 20.5 Å². The Balaban J connectivity index is 1.57. The van der Waals surface area contributed by atoms with Crippen LogP contribution in [0, 0.1) is 0 Å². The van der Waals surface area contributed by atoms with Crippen molar-refractivity contribution in [2.45, 2.75) is 19.4 Å². The molecule has 0 spiro atoms. The zero-order valence-electron chi connectivity index (χ0n) is 12.1. The molecule has 0 amide bonds. The van der Waals surface area contributed by atoms with Gasteiger partial charge in [-0.05, 0) is 60.8 Å². The van der Waals surface area contributed by atoms with Gasteiger partial charge in [-0.25, -0.2) is 4.52 Å². The van der Waals surface area contributed by atoms with E-state index in [9.17, 15) is 0 Å². The van der Waals surface area contributed by atoms with Crippen LogP contribution in [0.1, 0.15) is 18.4 Å². The molecule has 0 saturated carbocycles. The minimum Gasteiger partial charge on any atom is -0.299 e. The molecule has 106 valence electrons. The van der Waals surface area contributed by atoms with Gasteiger partial charge in [0.1, 0.15) is 0 Å². The van der Waals surface area contributed by atoms with Crippen molar-refractivity contribution in [3.8, 4) is 11.1 Å². The van der Waals surface area contributed by atoms with E-state index in [1.807, 2.05) is 23.0 Å². The number of hydrogen-bond acceptors (Lipinski definition) is 2. The smallest absolute Gasteiger partial charge is 0.0667 e. The Morgan fingerprint density at radius 3 is 2.52 bits per heavy atom. The molecule has 0 aliphatic carbocycles. The van der Waals surface area contributed by atoms with Gasteiger partial charge in [0.05, 0.1) is 5.52 Å². The number of rotatable bonds is 3. The lowest BCUT2D eigenvalue weighted by atomic mass is 10.0. The van der Waals surface area contributed by atoms with Gasteiger partial charge in [-0.2, -0.15) is 5.10 Å². The van der Waals surface area contributed by atoms with Gasteiger partial charge in [0.2, 0.25) is 0 Å². The van der Waals surface area contributed by atoms with Crippen molar-refractivity contribution in [3.05, 3.63) is 60.4 Å². The summed E-state index contributed by atoms with van der Waals surface area (Å²) in [6.45, 7) is 3.58. The molecule has 0 N–H and O–H groups in total. The summed E-state index contributed by atoms with van der Waals surface area (Å²) in [4.78, 5) is 2.54. The molecule has 4 rings (SSSR count). The first-order valence-corrected chi connectivity index (χ1v) is 7.63. The summed E-state index contributed by atoms with van der Waals surface area (Å²) in [6, 6.07) is 15.3. The molecular formula is C18H19N3. The standard InChI is InChI=1S/C18H19N3/c1-2-11-20(10-1)14-15-3-5-16(6-4-15)17-8-12-21-18(13-17)7-9-19-21/h3-9,12-13H,1-2,10-11,14H2. The summed E-state index contributed by atoms with van der Waals surface area (Å²) < 4.78 is 1.89. The fraction of sp³-hybridized carbons (Fsp3) is 0.278. The SMILES string of the molecule is c1cc2cc(-c3ccc(CN4CCCC4)cc3)ccn2n1. The van der Waals surface area contributed by atoms with Crippen molar-refractivity contribution >= 4 is 5.52 Å². The Labute approximate surface area is 124 Å². The van der Waals surface area contributed by atoms with Crippen LogP contribution in [0.5, 0.6) is 0 Å². The molecule has 1 aliphatic heterocycles. The van der Waals surface area contributed by atoms with E-state index in [0.29, 0.717) is 0 Å². The van der Waals surface area contributed by atoms with Gasteiger partial charge >= 0.3 is 0 Å². The third-order valence-electron chi connectivity index (χ3n) is 4.29. The van der Waals surface area contributed by atoms with E-state index in [1.165, 1.54) is 42.6 Å². The number of nitrogens with zero attached hydrogens (tertiary/aromatic N) is 3. The van der Waals surface area contributed by atoms with Crippen LogP contribution in [0.4, 0.5) is 0 Å². The highest BCUT2D eigenvalue weighted by Gasteiger charge is 2.11. The maximum absolute atomic E-state index is 4.24. The predicted molar refractivity (Wildman–Crippen MR) is 85.1 cm³/mol. The number of aromatic nitrogens is 2. The lowest BCUT2D eigenvalue weighted by molar-refractivity contribution is 0.331. The van der Waals surface area contributed by atoms with E-state index < -0.39 is 0 Å². The third-order valence-corrected chi connectivity index (χ3v) is 4.29. The van der Waals surface area contributed by atoms with Gasteiger partial charge in [0, 0.05) is 18.9 Å². The van der Waals surface area contributed by atoms with Crippen LogP contribution < -0.4 is 0 Å². The fourth-order valence-corrected chi connectivity index (χ4v) is 3.10. The summed E-state index contributed by atoms with van der Waals surface area (Å²) in [5.41, 5.74) is 5.05. The third kappa shape index (κ3) is 2.57. The van der Waals surface area contributed by atoms with E-state index in [0.717, 1.165) is 12.1 Å². The normalized spacial score (nSPS) is 15.8. The van der Waals surface area contributed by atoms with Gasteiger partial charge in [-0.15, -0.1) is 0 Å². The Kier molecular flexibility index (Phi) is 3.20. The Bertz CT molecular complexity index is 737. The maximum Gasteiger partial charge on any atom is 0.0667 e. The first kappa shape index (κ1) is 12.6. The summed E-state index contributed by atoms with van der Waals surface area (Å²) in [6.07, 6.45) is 6.55. The molecule has 1 aromatic carbocycles. The molecule has 3 aromatic rings. The van der Waals surface area contributed by atoms with Crippen LogP contribution in [0.2, 0.25) is 0 Å². The van der Waals surface area contributed by atoms with Crippen molar-refractivity contribution in [2.75, 3.05) is 13.1 Å². The monoisotopic (exact) mass is 277 g/mol. The molecule has 3 nitrogen and oxygen atoms in total. The molecule has 0 unspecified atom stereocenters. The second-order valence-corrected chi connectivity index (χ2v) is 5.80. The molecule has 3 heterocycles. The molecule has 1 saturated heterocycles. The molecule has 0 radical (unpaired) electrons. The fourth-order valence-electron chi connectivity index (χ4n) is 3.10. The van der Waals surface area contributed by atoms with Crippen molar-refractivity contribution < 1.29 is 0 Å². The van der Waals surface area contributed by atoms with E-state index in [1.54, 1.807) is 0 Å². The van der Waals surface area contributed by atoms with E-state index in [2.05, 4.69) is 46.4 Å². The van der Waals surface area contributed by atoms with Crippen LogP contribution in [0.25, 0.3) is 16.6 Å². The van der Waals surface area contributed by atoms with Gasteiger partial charge in [0.15, 0.2) is 0 Å². The summed E-state index contributed by atoms with van der Waals surface area (Å²) in [5.74, 6) is 0. The zero-order chi connectivity index (χ0) is 14.1. The first-order valence-electron chi connectivity index (χ1n) is 7.63. The molecule has 0 bridgehead atoms. The molecule has 1 fully saturated rings. The van der Waals surface area contributed by atoms with Crippen molar-refractivity contribution in [1.82, 2.24) is 14.5 Å². The van der Waals surface area contributed by atoms with Crippen molar-refractivity contribution in [2.24, 2.45) is 0 Å². The molecule has 21 heavy (non-hydrogen) atoms. The average Bonchev–Trinajstić information content (AvgIpc) is 3.18. The van der Waals surface area contributed by atoms with Crippen LogP contribution in [0.15, 0.2) is 54.9 Å². The number of fused-ring (bicyclic) bond motifs is 1. The van der Waals surface area contributed by atoms with E-state index in [-0.39, 0.29) is 0 Å². The highest BCUT2D eigenvalue weighted by Crippen LogP contribution is 2.22. The highest BCUT2D eigenvalue weighted by atomic mass is 15.2. The number of likely N-dealkylation sites (tertiary alicyclic amines) is 1. The molecule has 3 heteroatoms. The summed E-state index contributed by atoms with van der Waals surface area (Å²) >= 11 is 0. The molecule has 1 aliphatic rings. The second kappa shape index (κ2) is 5.34. The van der Waals surface area contributed by atoms with E-state index >= 15 is 0 Å². The largest absolute Gasteiger partial charge is 0.299 e. The van der Waals surface area contributed by atoms with Gasteiger partial charge in [-0.1, -0.05) is 24.3 Å². The van der Waals surface area contributed by atoms with Crippen LogP contribution in [-0.2, 0) is 6.54 Å². The highest BCUT2D eigenvalue weighted by molar-refractivity contribution is 5.68. The summed E-state index contributed by atoms with van der Waals surface area (Å²) in [7, 11) is 0. The van der Waals surface area contributed by atoms with Gasteiger partial charge in [-0.3, -0.25) is 4.90 Å². The van der Waals surface area contributed by atoms with Crippen LogP contribution in [0.3, 0.4) is 0 Å². The second-order valence-electron chi connectivity index (χ2n) is 5.80. The Morgan fingerprint density at radius 1 is 0.905 bits per heavy atom. The molecular weight excluding hydrogens is 258 g/mol.